The smallest absolute Gasteiger partial charge is 0.418 e. The lowest BCUT2D eigenvalue weighted by Crippen LogP contribution is -2.22. The minimum Gasteiger partial charge on any atom is -0.484 e. The number of anilines is 1. The first-order chi connectivity index (χ1) is 11.2. The van der Waals surface area contributed by atoms with E-state index in [2.05, 4.69) is 5.32 Å². The minimum absolute atomic E-state index is 0.0896. The van der Waals surface area contributed by atoms with Gasteiger partial charge in [0.05, 0.1) is 21.3 Å². The predicted octanol–water partition coefficient (Wildman–Crippen LogP) is 5.17. The molecular formula is C15H9Cl2F4NO2. The lowest BCUT2D eigenvalue weighted by atomic mass is 10.1. The molecule has 2 aromatic carbocycles. The lowest BCUT2D eigenvalue weighted by molar-refractivity contribution is -0.137. The van der Waals surface area contributed by atoms with Gasteiger partial charge < -0.3 is 10.1 Å². The van der Waals surface area contributed by atoms with Crippen LogP contribution in [0.25, 0.3) is 0 Å². The SMILES string of the molecule is O=C(COc1ccc(F)c(Cl)c1)Nc1c(Cl)cccc1C(F)(F)F. The molecule has 0 bridgehead atoms. The third-order valence-electron chi connectivity index (χ3n) is 2.84. The number of nitrogens with one attached hydrogen (secondary N) is 1. The van der Waals surface area contributed by atoms with E-state index in [1.54, 1.807) is 0 Å². The van der Waals surface area contributed by atoms with Crippen molar-refractivity contribution in [3.8, 4) is 5.75 Å². The predicted molar refractivity (Wildman–Crippen MR) is 82.0 cm³/mol. The fourth-order valence-electron chi connectivity index (χ4n) is 1.78. The monoisotopic (exact) mass is 381 g/mol. The summed E-state index contributed by atoms with van der Waals surface area (Å²) in [7, 11) is 0. The van der Waals surface area contributed by atoms with Gasteiger partial charge in [-0.05, 0) is 24.3 Å². The van der Waals surface area contributed by atoms with E-state index in [1.807, 2.05) is 0 Å². The summed E-state index contributed by atoms with van der Waals surface area (Å²) in [6.07, 6.45) is -4.68. The van der Waals surface area contributed by atoms with Crippen molar-refractivity contribution >= 4 is 34.8 Å². The number of carbonyl (C=O) groups excluding carboxylic acids is 1. The molecule has 2 aromatic rings. The first kappa shape index (κ1) is 18.4. The maximum atomic E-state index is 13.0. The van der Waals surface area contributed by atoms with Crippen molar-refractivity contribution in [2.45, 2.75) is 6.18 Å². The highest BCUT2D eigenvalue weighted by Crippen LogP contribution is 2.38. The van der Waals surface area contributed by atoms with Crippen molar-refractivity contribution in [1.29, 1.82) is 0 Å². The molecule has 9 heteroatoms. The number of para-hydroxylation sites is 1. The van der Waals surface area contributed by atoms with Gasteiger partial charge in [-0.1, -0.05) is 29.3 Å². The lowest BCUT2D eigenvalue weighted by Gasteiger charge is -2.15. The minimum atomic E-state index is -4.68. The molecule has 1 N–H and O–H groups in total. The van der Waals surface area contributed by atoms with Crippen LogP contribution in [0.4, 0.5) is 23.2 Å². The first-order valence-corrected chi connectivity index (χ1v) is 7.17. The molecule has 0 saturated carbocycles. The largest absolute Gasteiger partial charge is 0.484 e. The van der Waals surface area contributed by atoms with Crippen LogP contribution in [0.3, 0.4) is 0 Å². The number of carbonyl (C=O) groups is 1. The molecule has 0 saturated heterocycles. The Morgan fingerprint density at radius 3 is 2.46 bits per heavy atom. The molecule has 2 rings (SSSR count). The van der Waals surface area contributed by atoms with E-state index in [1.165, 1.54) is 12.1 Å². The number of amides is 1. The van der Waals surface area contributed by atoms with Crippen LogP contribution < -0.4 is 10.1 Å². The molecule has 0 unspecified atom stereocenters. The van der Waals surface area contributed by atoms with Crippen molar-refractivity contribution in [2.24, 2.45) is 0 Å². The van der Waals surface area contributed by atoms with Gasteiger partial charge in [0, 0.05) is 6.07 Å². The molecule has 3 nitrogen and oxygen atoms in total. The van der Waals surface area contributed by atoms with Crippen LogP contribution in [0, 0.1) is 5.82 Å². The van der Waals surface area contributed by atoms with Gasteiger partial charge in [-0.3, -0.25) is 4.79 Å². The molecule has 1 amide bonds. The zero-order chi connectivity index (χ0) is 17.9. The summed E-state index contributed by atoms with van der Waals surface area (Å²) in [4.78, 5) is 11.8. The van der Waals surface area contributed by atoms with Crippen molar-refractivity contribution in [3.05, 3.63) is 57.8 Å². The molecule has 0 aliphatic carbocycles. The Morgan fingerprint density at radius 2 is 1.83 bits per heavy atom. The third-order valence-corrected chi connectivity index (χ3v) is 3.45. The van der Waals surface area contributed by atoms with E-state index >= 15 is 0 Å². The fourth-order valence-corrected chi connectivity index (χ4v) is 2.17. The topological polar surface area (TPSA) is 38.3 Å². The van der Waals surface area contributed by atoms with Gasteiger partial charge in [0.15, 0.2) is 6.61 Å². The number of rotatable bonds is 4. The maximum Gasteiger partial charge on any atom is 0.418 e. The number of alkyl halides is 3. The average molecular weight is 382 g/mol. The van der Waals surface area contributed by atoms with Crippen LogP contribution in [0.5, 0.6) is 5.75 Å². The summed E-state index contributed by atoms with van der Waals surface area (Å²) in [5.74, 6) is -1.44. The molecule has 0 spiro atoms. The Kier molecular flexibility index (Phi) is 5.56. The van der Waals surface area contributed by atoms with Crippen LogP contribution in [0.1, 0.15) is 5.56 Å². The summed E-state index contributed by atoms with van der Waals surface area (Å²) in [6.45, 7) is -0.607. The molecule has 0 aliphatic rings. The Balaban J connectivity index is 2.09. The highest BCUT2D eigenvalue weighted by molar-refractivity contribution is 6.34. The van der Waals surface area contributed by atoms with Gasteiger partial charge in [0.2, 0.25) is 0 Å². The van der Waals surface area contributed by atoms with E-state index in [0.717, 1.165) is 24.3 Å². The van der Waals surface area contributed by atoms with Crippen LogP contribution in [0.15, 0.2) is 36.4 Å². The highest BCUT2D eigenvalue weighted by Gasteiger charge is 2.34. The number of hydrogen-bond acceptors (Lipinski definition) is 2. The molecule has 0 heterocycles. The van der Waals surface area contributed by atoms with E-state index in [-0.39, 0.29) is 15.8 Å². The van der Waals surface area contributed by atoms with Crippen LogP contribution in [0.2, 0.25) is 10.0 Å². The molecule has 0 radical (unpaired) electrons. The standard InChI is InChI=1S/C15H9Cl2F4NO2/c16-10-3-1-2-9(15(19,20)21)14(10)22-13(23)7-24-8-4-5-12(18)11(17)6-8/h1-6H,7H2,(H,22,23). The number of ether oxygens (including phenoxy) is 1. The highest BCUT2D eigenvalue weighted by atomic mass is 35.5. The van der Waals surface area contributed by atoms with Crippen LogP contribution >= 0.6 is 23.2 Å². The van der Waals surface area contributed by atoms with Crippen molar-refractivity contribution < 1.29 is 27.1 Å². The quantitative estimate of drug-likeness (QED) is 0.742. The molecule has 0 aromatic heterocycles. The van der Waals surface area contributed by atoms with Crippen LogP contribution in [-0.2, 0) is 11.0 Å². The Labute approximate surface area is 144 Å². The second-order valence-corrected chi connectivity index (χ2v) is 5.39. The van der Waals surface area contributed by atoms with Gasteiger partial charge in [0.1, 0.15) is 11.6 Å². The van der Waals surface area contributed by atoms with E-state index < -0.39 is 35.8 Å². The maximum absolute atomic E-state index is 13.0. The summed E-state index contributed by atoms with van der Waals surface area (Å²) in [6, 6.07) is 6.53. The zero-order valence-electron chi connectivity index (χ0n) is 11.8. The molecule has 0 atom stereocenters. The summed E-state index contributed by atoms with van der Waals surface area (Å²) in [5.41, 5.74) is -1.63. The number of benzene rings is 2. The first-order valence-electron chi connectivity index (χ1n) is 6.42. The molecule has 0 fully saturated rings. The van der Waals surface area contributed by atoms with Crippen molar-refractivity contribution in [3.63, 3.8) is 0 Å². The van der Waals surface area contributed by atoms with Gasteiger partial charge in [0.25, 0.3) is 5.91 Å². The number of halogens is 6. The Hall–Kier alpha value is -1.99. The van der Waals surface area contributed by atoms with E-state index in [9.17, 15) is 22.4 Å². The molecule has 24 heavy (non-hydrogen) atoms. The van der Waals surface area contributed by atoms with Gasteiger partial charge in [-0.25, -0.2) is 4.39 Å². The number of hydrogen-bond donors (Lipinski definition) is 1. The second-order valence-electron chi connectivity index (χ2n) is 4.57. The Morgan fingerprint density at radius 1 is 1.12 bits per heavy atom. The van der Waals surface area contributed by atoms with Gasteiger partial charge in [-0.2, -0.15) is 13.2 Å². The van der Waals surface area contributed by atoms with E-state index in [4.69, 9.17) is 27.9 Å². The zero-order valence-corrected chi connectivity index (χ0v) is 13.3. The van der Waals surface area contributed by atoms with Gasteiger partial charge >= 0.3 is 6.18 Å². The summed E-state index contributed by atoms with van der Waals surface area (Å²) in [5, 5.41) is 1.59. The Bertz CT molecular complexity index is 766. The molecular weight excluding hydrogens is 373 g/mol. The van der Waals surface area contributed by atoms with E-state index in [0.29, 0.717) is 0 Å². The molecule has 128 valence electrons. The summed E-state index contributed by atoms with van der Waals surface area (Å²) >= 11 is 11.3. The molecule has 0 aliphatic heterocycles. The van der Waals surface area contributed by atoms with Crippen molar-refractivity contribution in [2.75, 3.05) is 11.9 Å². The van der Waals surface area contributed by atoms with Crippen LogP contribution in [-0.4, -0.2) is 12.5 Å². The average Bonchev–Trinajstić information content (AvgIpc) is 2.49. The fraction of sp³-hybridized carbons (Fsp3) is 0.133. The van der Waals surface area contributed by atoms with Crippen molar-refractivity contribution in [1.82, 2.24) is 0 Å². The third kappa shape index (κ3) is 4.52. The second kappa shape index (κ2) is 7.27. The summed E-state index contributed by atoms with van der Waals surface area (Å²) < 4.78 is 56.8. The normalized spacial score (nSPS) is 11.2. The van der Waals surface area contributed by atoms with Gasteiger partial charge in [-0.15, -0.1) is 0 Å².